The Labute approximate surface area is 195 Å². The number of hydrogen-bond acceptors (Lipinski definition) is 4. The highest BCUT2D eigenvalue weighted by Gasteiger charge is 2.14. The van der Waals surface area contributed by atoms with Gasteiger partial charge in [-0.05, 0) is 75.5 Å². The molecule has 3 aromatic rings. The van der Waals surface area contributed by atoms with Crippen LogP contribution in [-0.2, 0) is 0 Å². The molecule has 0 fully saturated rings. The van der Waals surface area contributed by atoms with Gasteiger partial charge in [-0.1, -0.05) is 35.4 Å². The van der Waals surface area contributed by atoms with Gasteiger partial charge in [-0.3, -0.25) is 4.79 Å². The van der Waals surface area contributed by atoms with Crippen LogP contribution in [0.25, 0.3) is 17.2 Å². The maximum absolute atomic E-state index is 14.3. The SMILES string of the molecule is COc1ccc(/C=C/C(=O)c2cc(-c3cc(C)cc(C)c3)ccc2OCCN(C)C)c(F)c1. The molecule has 3 aromatic carbocycles. The van der Waals surface area contributed by atoms with Gasteiger partial charge in [0, 0.05) is 18.2 Å². The smallest absolute Gasteiger partial charge is 0.189 e. The number of benzene rings is 3. The molecule has 0 unspecified atom stereocenters. The lowest BCUT2D eigenvalue weighted by Gasteiger charge is -2.15. The summed E-state index contributed by atoms with van der Waals surface area (Å²) in [6, 6.07) is 16.5. The molecule has 0 atom stereocenters. The Hall–Kier alpha value is -3.44. The second-order valence-corrected chi connectivity index (χ2v) is 8.32. The second-order valence-electron chi connectivity index (χ2n) is 8.32. The number of allylic oxidation sites excluding steroid dienone is 1. The highest BCUT2D eigenvalue weighted by Crippen LogP contribution is 2.29. The summed E-state index contributed by atoms with van der Waals surface area (Å²) in [6.07, 6.45) is 2.86. The minimum Gasteiger partial charge on any atom is -0.497 e. The molecule has 0 aliphatic heterocycles. The number of carbonyl (C=O) groups is 1. The molecule has 33 heavy (non-hydrogen) atoms. The summed E-state index contributed by atoms with van der Waals surface area (Å²) >= 11 is 0. The number of ketones is 1. The number of rotatable bonds is 9. The van der Waals surface area contributed by atoms with Crippen LogP contribution in [0, 0.1) is 19.7 Å². The van der Waals surface area contributed by atoms with Crippen molar-refractivity contribution in [2.75, 3.05) is 34.4 Å². The van der Waals surface area contributed by atoms with Crippen LogP contribution in [0.5, 0.6) is 11.5 Å². The fourth-order valence-corrected chi connectivity index (χ4v) is 3.53. The van der Waals surface area contributed by atoms with Crippen LogP contribution in [0.15, 0.2) is 60.7 Å². The zero-order valence-electron chi connectivity index (χ0n) is 19.8. The second kappa shape index (κ2) is 10.9. The third-order valence-electron chi connectivity index (χ3n) is 5.22. The van der Waals surface area contributed by atoms with Crippen molar-refractivity contribution in [3.05, 3.63) is 88.7 Å². The van der Waals surface area contributed by atoms with E-state index in [1.165, 1.54) is 25.3 Å². The van der Waals surface area contributed by atoms with Crippen LogP contribution < -0.4 is 9.47 Å². The number of hydrogen-bond donors (Lipinski definition) is 0. The highest BCUT2D eigenvalue weighted by molar-refractivity contribution is 6.09. The Morgan fingerprint density at radius 3 is 2.33 bits per heavy atom. The van der Waals surface area contributed by atoms with Crippen molar-refractivity contribution >= 4 is 11.9 Å². The van der Waals surface area contributed by atoms with Crippen molar-refractivity contribution in [3.8, 4) is 22.6 Å². The van der Waals surface area contributed by atoms with E-state index in [0.29, 0.717) is 29.2 Å². The number of halogens is 1. The average molecular weight is 448 g/mol. The minimum absolute atomic E-state index is 0.253. The number of likely N-dealkylation sites (N-methyl/N-ethyl adjacent to an activating group) is 1. The van der Waals surface area contributed by atoms with E-state index < -0.39 is 5.82 Å². The van der Waals surface area contributed by atoms with E-state index in [2.05, 4.69) is 18.2 Å². The van der Waals surface area contributed by atoms with Gasteiger partial charge in [0.1, 0.15) is 23.9 Å². The number of ether oxygens (including phenoxy) is 2. The first-order chi connectivity index (χ1) is 15.8. The lowest BCUT2D eigenvalue weighted by atomic mass is 9.97. The largest absolute Gasteiger partial charge is 0.497 e. The molecule has 5 heteroatoms. The fourth-order valence-electron chi connectivity index (χ4n) is 3.53. The van der Waals surface area contributed by atoms with Gasteiger partial charge in [0.15, 0.2) is 5.78 Å². The molecule has 0 radical (unpaired) electrons. The van der Waals surface area contributed by atoms with E-state index in [1.807, 2.05) is 51.0 Å². The van der Waals surface area contributed by atoms with Crippen molar-refractivity contribution in [2.24, 2.45) is 0 Å². The first-order valence-electron chi connectivity index (χ1n) is 10.8. The van der Waals surface area contributed by atoms with E-state index >= 15 is 0 Å². The molecule has 0 amide bonds. The van der Waals surface area contributed by atoms with Gasteiger partial charge < -0.3 is 14.4 Å². The van der Waals surface area contributed by atoms with Gasteiger partial charge in [0.25, 0.3) is 0 Å². The predicted molar refractivity (Wildman–Crippen MR) is 132 cm³/mol. The number of methoxy groups -OCH3 is 1. The Bertz CT molecular complexity index is 1150. The molecule has 0 saturated carbocycles. The van der Waals surface area contributed by atoms with Crippen LogP contribution in [-0.4, -0.2) is 45.0 Å². The molecule has 172 valence electrons. The van der Waals surface area contributed by atoms with E-state index in [0.717, 1.165) is 28.8 Å². The average Bonchev–Trinajstić information content (AvgIpc) is 2.77. The molecule has 3 rings (SSSR count). The Balaban J connectivity index is 1.95. The summed E-state index contributed by atoms with van der Waals surface area (Å²) < 4.78 is 25.3. The summed E-state index contributed by atoms with van der Waals surface area (Å²) in [5, 5.41) is 0. The molecular weight excluding hydrogens is 417 g/mol. The molecule has 0 spiro atoms. The Morgan fingerprint density at radius 1 is 0.970 bits per heavy atom. The Morgan fingerprint density at radius 2 is 1.70 bits per heavy atom. The van der Waals surface area contributed by atoms with E-state index in [4.69, 9.17) is 9.47 Å². The topological polar surface area (TPSA) is 38.8 Å². The molecule has 0 aliphatic carbocycles. The molecular formula is C28H30FNO3. The van der Waals surface area contributed by atoms with Crippen LogP contribution >= 0.6 is 0 Å². The van der Waals surface area contributed by atoms with E-state index in [9.17, 15) is 9.18 Å². The van der Waals surface area contributed by atoms with Crippen molar-refractivity contribution in [1.82, 2.24) is 4.90 Å². The standard InChI is InChI=1S/C28H30FNO3/c1-19-14-20(2)16-23(15-19)22-8-11-28(33-13-12-30(3)4)25(17-22)27(31)10-7-21-6-9-24(32-5)18-26(21)29/h6-11,14-18H,12-13H2,1-5H3/b10-7+. The first-order valence-corrected chi connectivity index (χ1v) is 10.8. The number of aryl methyl sites for hydroxylation is 2. The van der Waals surface area contributed by atoms with Gasteiger partial charge in [0.05, 0.1) is 12.7 Å². The minimum atomic E-state index is -0.454. The predicted octanol–water partition coefficient (Wildman–Crippen LogP) is 5.95. The maximum atomic E-state index is 14.3. The molecule has 0 N–H and O–H groups in total. The third kappa shape index (κ3) is 6.53. The van der Waals surface area contributed by atoms with Crippen molar-refractivity contribution < 1.29 is 18.7 Å². The van der Waals surface area contributed by atoms with Crippen molar-refractivity contribution in [3.63, 3.8) is 0 Å². The number of carbonyl (C=O) groups excluding carboxylic acids is 1. The summed E-state index contributed by atoms with van der Waals surface area (Å²) in [5.41, 5.74) is 5.01. The molecule has 0 heterocycles. The maximum Gasteiger partial charge on any atom is 0.189 e. The van der Waals surface area contributed by atoms with Gasteiger partial charge in [0.2, 0.25) is 0 Å². The summed E-state index contributed by atoms with van der Waals surface area (Å²) in [6.45, 7) is 5.27. The fraction of sp³-hybridized carbons (Fsp3) is 0.250. The van der Waals surface area contributed by atoms with Crippen LogP contribution in [0.4, 0.5) is 4.39 Å². The van der Waals surface area contributed by atoms with E-state index in [1.54, 1.807) is 12.1 Å². The van der Waals surface area contributed by atoms with Crippen molar-refractivity contribution in [1.29, 1.82) is 0 Å². The first kappa shape index (κ1) is 24.2. The lowest BCUT2D eigenvalue weighted by molar-refractivity contribution is 0.104. The summed E-state index contributed by atoms with van der Waals surface area (Å²) in [7, 11) is 5.41. The quantitative estimate of drug-likeness (QED) is 0.300. The van der Waals surface area contributed by atoms with Crippen LogP contribution in [0.1, 0.15) is 27.0 Å². The monoisotopic (exact) mass is 447 g/mol. The van der Waals surface area contributed by atoms with Gasteiger partial charge in [-0.25, -0.2) is 4.39 Å². The zero-order valence-corrected chi connectivity index (χ0v) is 19.8. The van der Waals surface area contributed by atoms with Crippen LogP contribution in [0.3, 0.4) is 0 Å². The van der Waals surface area contributed by atoms with E-state index in [-0.39, 0.29) is 5.78 Å². The normalized spacial score (nSPS) is 11.2. The summed E-state index contributed by atoms with van der Waals surface area (Å²) in [5.74, 6) is 0.227. The van der Waals surface area contributed by atoms with Crippen molar-refractivity contribution in [2.45, 2.75) is 13.8 Å². The molecule has 0 aromatic heterocycles. The molecule has 4 nitrogen and oxygen atoms in total. The molecule has 0 saturated heterocycles. The third-order valence-corrected chi connectivity index (χ3v) is 5.22. The van der Waals surface area contributed by atoms with Crippen LogP contribution in [0.2, 0.25) is 0 Å². The van der Waals surface area contributed by atoms with Gasteiger partial charge >= 0.3 is 0 Å². The van der Waals surface area contributed by atoms with Gasteiger partial charge in [-0.2, -0.15) is 0 Å². The molecule has 0 bridgehead atoms. The number of nitrogens with zero attached hydrogens (tertiary/aromatic N) is 1. The highest BCUT2D eigenvalue weighted by atomic mass is 19.1. The molecule has 0 aliphatic rings. The lowest BCUT2D eigenvalue weighted by Crippen LogP contribution is -2.20. The van der Waals surface area contributed by atoms with Gasteiger partial charge in [-0.15, -0.1) is 0 Å². The zero-order chi connectivity index (χ0) is 24.0. The Kier molecular flexibility index (Phi) is 8.01. The summed E-state index contributed by atoms with van der Waals surface area (Å²) in [4.78, 5) is 15.2.